The zero-order valence-electron chi connectivity index (χ0n) is 10.4. The number of benzene rings is 1. The lowest BCUT2D eigenvalue weighted by Crippen LogP contribution is -2.21. The highest BCUT2D eigenvalue weighted by atomic mass is 16.5. The maximum absolute atomic E-state index is 5.58. The maximum atomic E-state index is 5.58. The molecule has 0 heterocycles. The van der Waals surface area contributed by atoms with Gasteiger partial charge in [-0.05, 0) is 32.9 Å². The summed E-state index contributed by atoms with van der Waals surface area (Å²) >= 11 is 0. The Bertz CT molecular complexity index is 323. The van der Waals surface area contributed by atoms with Gasteiger partial charge in [0.05, 0.1) is 0 Å². The predicted molar refractivity (Wildman–Crippen MR) is 69.0 cm³/mol. The summed E-state index contributed by atoms with van der Waals surface area (Å²) in [5.74, 6) is 0.939. The molecule has 0 bridgehead atoms. The van der Waals surface area contributed by atoms with Crippen molar-refractivity contribution < 1.29 is 4.74 Å². The van der Waals surface area contributed by atoms with Gasteiger partial charge in [0.2, 0.25) is 0 Å². The average Bonchev–Trinajstić information content (AvgIpc) is 2.25. The topological polar surface area (TPSA) is 21.3 Å². The second-order valence-corrected chi connectivity index (χ2v) is 4.15. The monoisotopic (exact) mass is 219 g/mol. The van der Waals surface area contributed by atoms with Crippen LogP contribution in [0.2, 0.25) is 0 Å². The van der Waals surface area contributed by atoms with Crippen LogP contribution >= 0.6 is 0 Å². The van der Waals surface area contributed by atoms with Crippen LogP contribution in [0.3, 0.4) is 0 Å². The molecular weight excluding hydrogens is 198 g/mol. The van der Waals surface area contributed by atoms with Crippen molar-refractivity contribution in [1.82, 2.24) is 5.32 Å². The fourth-order valence-electron chi connectivity index (χ4n) is 1.25. The molecular formula is C14H21NO. The summed E-state index contributed by atoms with van der Waals surface area (Å²) in [6.07, 6.45) is 2.17. The van der Waals surface area contributed by atoms with E-state index >= 15 is 0 Å². The lowest BCUT2D eigenvalue weighted by molar-refractivity contribution is 0.316. The number of rotatable bonds is 6. The number of allylic oxidation sites excluding steroid dienone is 1. The highest BCUT2D eigenvalue weighted by molar-refractivity contribution is 5.26. The molecule has 0 amide bonds. The largest absolute Gasteiger partial charge is 0.492 e. The first-order valence-corrected chi connectivity index (χ1v) is 5.72. The molecule has 0 aliphatic carbocycles. The molecule has 1 aromatic carbocycles. The third-order valence-electron chi connectivity index (χ3n) is 2.22. The fraction of sp³-hybridized carbons (Fsp3) is 0.429. The van der Waals surface area contributed by atoms with Crippen LogP contribution in [0.4, 0.5) is 0 Å². The first kappa shape index (κ1) is 12.8. The van der Waals surface area contributed by atoms with Crippen LogP contribution in [0.1, 0.15) is 19.4 Å². The van der Waals surface area contributed by atoms with E-state index in [-0.39, 0.29) is 0 Å². The molecule has 0 fully saturated rings. The first-order chi connectivity index (χ1) is 7.68. The van der Waals surface area contributed by atoms with Crippen molar-refractivity contribution in [2.45, 2.75) is 20.8 Å². The second-order valence-electron chi connectivity index (χ2n) is 4.15. The van der Waals surface area contributed by atoms with Crippen LogP contribution in [-0.4, -0.2) is 19.7 Å². The van der Waals surface area contributed by atoms with Gasteiger partial charge < -0.3 is 10.1 Å². The fourth-order valence-corrected chi connectivity index (χ4v) is 1.25. The molecule has 0 unspecified atom stereocenters. The molecule has 0 saturated carbocycles. The van der Waals surface area contributed by atoms with Crippen molar-refractivity contribution in [2.24, 2.45) is 0 Å². The third kappa shape index (κ3) is 5.56. The van der Waals surface area contributed by atoms with E-state index in [1.54, 1.807) is 0 Å². The van der Waals surface area contributed by atoms with Gasteiger partial charge >= 0.3 is 0 Å². The van der Waals surface area contributed by atoms with Crippen molar-refractivity contribution >= 4 is 0 Å². The van der Waals surface area contributed by atoms with Crippen molar-refractivity contribution in [2.75, 3.05) is 19.7 Å². The zero-order chi connectivity index (χ0) is 11.8. The minimum absolute atomic E-state index is 0.708. The molecule has 0 aliphatic heterocycles. The van der Waals surface area contributed by atoms with Crippen molar-refractivity contribution in [1.29, 1.82) is 0 Å². The maximum Gasteiger partial charge on any atom is 0.119 e. The van der Waals surface area contributed by atoms with Gasteiger partial charge in [0.15, 0.2) is 0 Å². The van der Waals surface area contributed by atoms with Gasteiger partial charge in [0, 0.05) is 13.1 Å². The van der Waals surface area contributed by atoms with Crippen LogP contribution in [-0.2, 0) is 0 Å². The predicted octanol–water partition coefficient (Wildman–Crippen LogP) is 2.93. The molecule has 16 heavy (non-hydrogen) atoms. The number of nitrogens with one attached hydrogen (secondary N) is 1. The van der Waals surface area contributed by atoms with Gasteiger partial charge in [0.25, 0.3) is 0 Å². The standard InChI is InChI=1S/C14H21NO/c1-12(2)8-9-15-10-11-16-14-6-4-13(3)5-7-14/h4-8,15H,9-11H2,1-3H3. The summed E-state index contributed by atoms with van der Waals surface area (Å²) < 4.78 is 5.58. The molecule has 0 radical (unpaired) electrons. The van der Waals surface area contributed by atoms with E-state index in [4.69, 9.17) is 4.74 Å². The van der Waals surface area contributed by atoms with Gasteiger partial charge in [-0.25, -0.2) is 0 Å². The first-order valence-electron chi connectivity index (χ1n) is 5.72. The lowest BCUT2D eigenvalue weighted by atomic mass is 10.2. The van der Waals surface area contributed by atoms with E-state index in [0.717, 1.165) is 18.8 Å². The molecule has 0 atom stereocenters. The Balaban J connectivity index is 2.12. The summed E-state index contributed by atoms with van der Waals surface area (Å²) in [6.45, 7) is 8.77. The van der Waals surface area contributed by atoms with E-state index in [1.807, 2.05) is 12.1 Å². The minimum Gasteiger partial charge on any atom is -0.492 e. The van der Waals surface area contributed by atoms with E-state index in [0.29, 0.717) is 6.61 Å². The van der Waals surface area contributed by atoms with Crippen LogP contribution in [0.25, 0.3) is 0 Å². The SMILES string of the molecule is CC(C)=CCNCCOc1ccc(C)cc1. The molecule has 1 rings (SSSR count). The van der Waals surface area contributed by atoms with Crippen LogP contribution in [0.5, 0.6) is 5.75 Å². The smallest absolute Gasteiger partial charge is 0.119 e. The highest BCUT2D eigenvalue weighted by Crippen LogP contribution is 2.10. The van der Waals surface area contributed by atoms with Gasteiger partial charge in [-0.1, -0.05) is 29.3 Å². The van der Waals surface area contributed by atoms with E-state index < -0.39 is 0 Å². The number of aryl methyl sites for hydroxylation is 1. The normalized spacial score (nSPS) is 9.94. The molecule has 0 saturated heterocycles. The quantitative estimate of drug-likeness (QED) is 0.586. The van der Waals surface area contributed by atoms with Gasteiger partial charge in [-0.2, -0.15) is 0 Å². The van der Waals surface area contributed by atoms with Gasteiger partial charge in [-0.3, -0.25) is 0 Å². The summed E-state index contributed by atoms with van der Waals surface area (Å²) in [5, 5.41) is 3.30. The van der Waals surface area contributed by atoms with Crippen molar-refractivity contribution in [3.05, 3.63) is 41.5 Å². The van der Waals surface area contributed by atoms with Crippen molar-refractivity contribution in [3.63, 3.8) is 0 Å². The lowest BCUT2D eigenvalue weighted by Gasteiger charge is -2.06. The zero-order valence-corrected chi connectivity index (χ0v) is 10.4. The van der Waals surface area contributed by atoms with Gasteiger partial charge in [0.1, 0.15) is 12.4 Å². The summed E-state index contributed by atoms with van der Waals surface area (Å²) in [5.41, 5.74) is 2.60. The summed E-state index contributed by atoms with van der Waals surface area (Å²) in [4.78, 5) is 0. The number of ether oxygens (including phenoxy) is 1. The molecule has 1 aromatic rings. The Hall–Kier alpha value is -1.28. The molecule has 0 aliphatic rings. The molecule has 2 heteroatoms. The molecule has 2 nitrogen and oxygen atoms in total. The van der Waals surface area contributed by atoms with E-state index in [1.165, 1.54) is 11.1 Å². The Kier molecular flexibility index (Phi) is 5.65. The summed E-state index contributed by atoms with van der Waals surface area (Å²) in [6, 6.07) is 8.13. The van der Waals surface area contributed by atoms with Crippen LogP contribution in [0.15, 0.2) is 35.9 Å². The van der Waals surface area contributed by atoms with Crippen LogP contribution in [0, 0.1) is 6.92 Å². The second kappa shape index (κ2) is 7.07. The van der Waals surface area contributed by atoms with Gasteiger partial charge in [-0.15, -0.1) is 0 Å². The van der Waals surface area contributed by atoms with Crippen molar-refractivity contribution in [3.8, 4) is 5.75 Å². The number of hydrogen-bond acceptors (Lipinski definition) is 2. The minimum atomic E-state index is 0.708. The third-order valence-corrected chi connectivity index (χ3v) is 2.22. The molecule has 88 valence electrons. The Labute approximate surface area is 98.3 Å². The summed E-state index contributed by atoms with van der Waals surface area (Å²) in [7, 11) is 0. The highest BCUT2D eigenvalue weighted by Gasteiger charge is 1.92. The average molecular weight is 219 g/mol. The number of hydrogen-bond donors (Lipinski definition) is 1. The molecule has 0 spiro atoms. The Morgan fingerprint density at radius 1 is 1.25 bits per heavy atom. The molecule has 1 N–H and O–H groups in total. The van der Waals surface area contributed by atoms with Crippen LogP contribution < -0.4 is 10.1 Å². The Morgan fingerprint density at radius 2 is 1.94 bits per heavy atom. The van der Waals surface area contributed by atoms with E-state index in [2.05, 4.69) is 44.3 Å². The van der Waals surface area contributed by atoms with E-state index in [9.17, 15) is 0 Å². The molecule has 0 aromatic heterocycles. The Morgan fingerprint density at radius 3 is 2.56 bits per heavy atom.